The van der Waals surface area contributed by atoms with E-state index < -0.39 is 243 Å². The van der Waals surface area contributed by atoms with Crippen LogP contribution in [-0.2, 0) is 94.3 Å². The molecule has 0 radical (unpaired) electrons. The maximum absolute atomic E-state index is 15.1. The second kappa shape index (κ2) is 45.9. The van der Waals surface area contributed by atoms with Crippen LogP contribution < -0.4 is 97.8 Å². The number of phenols is 1. The summed E-state index contributed by atoms with van der Waals surface area (Å²) in [5, 5.41) is 70.2. The van der Waals surface area contributed by atoms with E-state index in [1.807, 2.05) is 0 Å². The van der Waals surface area contributed by atoms with E-state index >= 15 is 9.59 Å². The fraction of sp³-hybridized carbons (Fsp3) is 0.515. The Morgan fingerprint density at radius 3 is 1.35 bits per heavy atom. The van der Waals surface area contributed by atoms with Crippen molar-refractivity contribution in [2.45, 2.75) is 184 Å². The predicted octanol–water partition coefficient (Wildman–Crippen LogP) is -7.18. The van der Waals surface area contributed by atoms with Crippen molar-refractivity contribution in [2.75, 3.05) is 24.6 Å². The van der Waals surface area contributed by atoms with Crippen molar-refractivity contribution < 1.29 is 96.8 Å². The van der Waals surface area contributed by atoms with Gasteiger partial charge in [0.05, 0.1) is 19.1 Å². The number of thiol groups is 2. The average molecular weight is 1560 g/mol. The van der Waals surface area contributed by atoms with Crippen LogP contribution in [0.25, 0.3) is 10.9 Å². The van der Waals surface area contributed by atoms with Gasteiger partial charge in [-0.05, 0) is 87.1 Å². The molecule has 28 N–H and O–H groups in total. The van der Waals surface area contributed by atoms with E-state index in [0.717, 1.165) is 13.8 Å². The zero-order valence-electron chi connectivity index (χ0n) is 59.8. The Morgan fingerprint density at radius 2 is 0.889 bits per heavy atom. The molecule has 0 saturated carbocycles. The number of hydrogen-bond acceptors (Lipinski definition) is 22. The Kier molecular flexibility index (Phi) is 38.7. The van der Waals surface area contributed by atoms with Crippen LogP contribution in [0, 0.1) is 11.3 Å². The van der Waals surface area contributed by atoms with Gasteiger partial charge < -0.3 is 118 Å². The van der Waals surface area contributed by atoms with E-state index in [4.69, 9.17) is 34.1 Å². The lowest BCUT2D eigenvalue weighted by atomic mass is 9.99. The van der Waals surface area contributed by atoms with Crippen LogP contribution in [0.3, 0.4) is 0 Å². The first-order valence-corrected chi connectivity index (χ1v) is 35.3. The number of phenolic OH excluding ortho intramolecular Hbond substituents is 1. The Bertz CT molecular complexity index is 3710. The number of aromatic nitrogens is 1. The highest BCUT2D eigenvalue weighted by Gasteiger charge is 2.38. The summed E-state index contributed by atoms with van der Waals surface area (Å²) in [4.78, 5) is 230. The van der Waals surface area contributed by atoms with Crippen LogP contribution in [-0.4, -0.2) is 224 Å². The molecule has 0 fully saturated rings. The smallest absolute Gasteiger partial charge is 0.303 e. The number of nitrogens with one attached hydrogen (secondary N) is 15. The summed E-state index contributed by atoms with van der Waals surface area (Å²) in [5.74, 6) is -19.7. The zero-order chi connectivity index (χ0) is 81.1. The van der Waals surface area contributed by atoms with Crippen LogP contribution in [0.15, 0.2) is 54.7 Å². The van der Waals surface area contributed by atoms with Gasteiger partial charge in [0.1, 0.15) is 72.2 Å². The third-order valence-electron chi connectivity index (χ3n) is 16.2. The number of primary amides is 4. The number of aromatic amines is 1. The molecular weight excluding hydrogens is 1460 g/mol. The second-order valence-electron chi connectivity index (χ2n) is 25.6. The van der Waals surface area contributed by atoms with Gasteiger partial charge >= 0.3 is 5.97 Å². The molecule has 2 aromatic carbocycles. The first-order valence-electron chi connectivity index (χ1n) is 34.1. The SMILES string of the molecule is CC(=O)N[C@@H](CS)C(=O)N[C@@H](CCC(N)=O)C(=O)N[C@H](C(=O)N[C@@H](CCCNC(=N)N)C(=O)N[C@@H](CCC(N)=O)C(=O)N[C@@H](CS)C(=O)N[C@@H](Cc1ccc(O)cc1)C(=O)N[C@@H](Cc1c[nH]c2ccccc12)C(=O)N[C@@H](CCC(C)C)C(=O)N[C@@H](CCC(=O)O)C(=O)N[C@@H](CC(N)=O)C(=O)NCC(N)=O)[C@@H](C)O. The van der Waals surface area contributed by atoms with Crippen LogP contribution in [0.1, 0.15) is 109 Å². The molecule has 1 heterocycles. The van der Waals surface area contributed by atoms with Crippen molar-refractivity contribution in [3.05, 3.63) is 65.9 Å². The van der Waals surface area contributed by atoms with Gasteiger partial charge in [-0.1, -0.05) is 44.2 Å². The van der Waals surface area contributed by atoms with Crippen LogP contribution in [0.4, 0.5) is 0 Å². The van der Waals surface area contributed by atoms with E-state index in [1.54, 1.807) is 44.3 Å². The molecule has 0 aliphatic heterocycles. The lowest BCUT2D eigenvalue weighted by Gasteiger charge is -2.29. The summed E-state index contributed by atoms with van der Waals surface area (Å²) in [6, 6.07) is -6.25. The van der Waals surface area contributed by atoms with Crippen molar-refractivity contribution >= 4 is 143 Å². The molecule has 0 saturated heterocycles. The van der Waals surface area contributed by atoms with Gasteiger partial charge in [-0.2, -0.15) is 25.3 Å². The molecule has 594 valence electrons. The fourth-order valence-corrected chi connectivity index (χ4v) is 11.0. The summed E-state index contributed by atoms with van der Waals surface area (Å²) in [7, 11) is 0. The van der Waals surface area contributed by atoms with E-state index in [-0.39, 0.29) is 56.1 Å². The first-order chi connectivity index (χ1) is 50.8. The van der Waals surface area contributed by atoms with Crippen LogP contribution >= 0.6 is 25.3 Å². The number of aliphatic hydroxyl groups is 1. The highest BCUT2D eigenvalue weighted by Crippen LogP contribution is 2.21. The van der Waals surface area contributed by atoms with Crippen molar-refractivity contribution in [3.63, 3.8) is 0 Å². The highest BCUT2D eigenvalue weighted by molar-refractivity contribution is 7.80. The molecule has 40 nitrogen and oxygen atoms in total. The number of fused-ring (bicyclic) bond motifs is 1. The van der Waals surface area contributed by atoms with E-state index in [0.29, 0.717) is 22.0 Å². The number of aromatic hydroxyl groups is 1. The third-order valence-corrected chi connectivity index (χ3v) is 16.9. The molecule has 0 aliphatic rings. The summed E-state index contributed by atoms with van der Waals surface area (Å²) in [5.41, 5.74) is 28.1. The number of carbonyl (C=O) groups is 17. The minimum atomic E-state index is -1.93. The number of carbonyl (C=O) groups excluding carboxylic acids is 16. The molecule has 0 spiro atoms. The second-order valence-corrected chi connectivity index (χ2v) is 26.3. The molecule has 0 bridgehead atoms. The lowest BCUT2D eigenvalue weighted by molar-refractivity contribution is -0.139. The van der Waals surface area contributed by atoms with Gasteiger partial charge in [0.15, 0.2) is 5.96 Å². The summed E-state index contributed by atoms with van der Waals surface area (Å²) in [6.07, 6.45) is -5.43. The molecule has 12 atom stereocenters. The Hall–Kier alpha value is -11.3. The number of hydrogen-bond donors (Lipinski definition) is 25. The lowest BCUT2D eigenvalue weighted by Crippen LogP contribution is -2.62. The number of aliphatic hydroxyl groups excluding tert-OH is 1. The maximum atomic E-state index is 15.1. The number of carboxylic acid groups (broad SMARTS) is 1. The number of rotatable bonds is 49. The largest absolute Gasteiger partial charge is 0.508 e. The van der Waals surface area contributed by atoms with Gasteiger partial charge in [-0.3, -0.25) is 86.9 Å². The zero-order valence-corrected chi connectivity index (χ0v) is 61.6. The number of para-hydroxylation sites is 1. The molecule has 3 aromatic rings. The Morgan fingerprint density at radius 1 is 0.463 bits per heavy atom. The van der Waals surface area contributed by atoms with Crippen LogP contribution in [0.2, 0.25) is 0 Å². The Labute approximate surface area is 630 Å². The number of H-pyrrole nitrogens is 1. The molecule has 3 rings (SSSR count). The van der Waals surface area contributed by atoms with Gasteiger partial charge in [-0.15, -0.1) is 0 Å². The third kappa shape index (κ3) is 33.0. The van der Waals surface area contributed by atoms with E-state index in [2.05, 4.69) is 99.4 Å². The Balaban J connectivity index is 2.08. The molecule has 0 unspecified atom stereocenters. The molecule has 0 aliphatic carbocycles. The van der Waals surface area contributed by atoms with Crippen molar-refractivity contribution in [2.24, 2.45) is 34.6 Å². The van der Waals surface area contributed by atoms with Gasteiger partial charge in [0, 0.05) is 74.2 Å². The number of aliphatic carboxylic acids is 1. The van der Waals surface area contributed by atoms with Crippen LogP contribution in [0.5, 0.6) is 5.75 Å². The number of nitrogens with two attached hydrogens (primary N) is 5. The quantitative estimate of drug-likeness (QED) is 0.0108. The number of carboxylic acids is 1. The molecular formula is C66H98N20O20S2. The normalized spacial score (nSPS) is 14.3. The van der Waals surface area contributed by atoms with E-state index in [9.17, 15) is 87.2 Å². The molecule has 16 amide bonds. The fourth-order valence-electron chi connectivity index (χ4n) is 10.5. The molecule has 42 heteroatoms. The number of amides is 16. The highest BCUT2D eigenvalue weighted by atomic mass is 32.1. The van der Waals surface area contributed by atoms with Crippen molar-refractivity contribution in [1.29, 1.82) is 5.41 Å². The van der Waals surface area contributed by atoms with Crippen molar-refractivity contribution in [3.8, 4) is 5.75 Å². The molecule has 1 aromatic heterocycles. The number of benzene rings is 2. The van der Waals surface area contributed by atoms with Crippen molar-refractivity contribution in [1.82, 2.24) is 74.1 Å². The monoisotopic (exact) mass is 1550 g/mol. The predicted molar refractivity (Wildman–Crippen MR) is 393 cm³/mol. The van der Waals surface area contributed by atoms with Gasteiger partial charge in [0.2, 0.25) is 94.5 Å². The summed E-state index contributed by atoms with van der Waals surface area (Å²) in [6.45, 7) is 4.99. The van der Waals surface area contributed by atoms with Gasteiger partial charge in [-0.25, -0.2) is 0 Å². The minimum Gasteiger partial charge on any atom is -0.508 e. The average Bonchev–Trinajstić information content (AvgIpc) is 1.65. The number of guanidine groups is 1. The standard InChI is InChI=1S/C66H98N20O20S2/c1-31(2)11-16-40(57(98)78-43(19-22-53(94)95)58(99)84-46(26-51(69)92)55(96)75-28-52(70)93)79-62(103)45(25-35-27-74-38-9-6-5-8-37(35)38)83-61(102)44(24-34-12-14-36(89)15-13-34)82-64(105)48(30-108)85-59(100)41(17-20-49(67)90)77-56(97)39(10-7-23-73-66(71)72)81-65(106)54(32(3)87)86-60(101)42(18-21-50(68)91)80-63(104)47(29-107)76-33(4)88/h5-6,8-9,12-15,27,31-32,39-48,54,74,87,89,107-108H,7,10-11,16-26,28-30H2,1-4H3,(H2,67,90)(H2,68,91)(H2,69,92)(H2,70,93)(H,75,96)(H,76,88)(H,77,97)(H,78,98)(H,79,103)(H,80,104)(H,81,106)(H,82,105)(H,83,102)(H,84,99)(H,85,100)(H,86,101)(H,94,95)(H4,71,72,73)/t32-,39+,40+,41+,42+,43+,44+,45+,46+,47+,48+,54+/m1/s1. The summed E-state index contributed by atoms with van der Waals surface area (Å²) >= 11 is 8.36. The molecule has 108 heavy (non-hydrogen) atoms. The maximum Gasteiger partial charge on any atom is 0.303 e. The van der Waals surface area contributed by atoms with E-state index in [1.165, 1.54) is 24.3 Å². The minimum absolute atomic E-state index is 0.0503. The topological polar surface area (TPSA) is 677 Å². The first kappa shape index (κ1) is 90.9. The van der Waals surface area contributed by atoms with Gasteiger partial charge in [0.25, 0.3) is 0 Å². The summed E-state index contributed by atoms with van der Waals surface area (Å²) < 4.78 is 0.